The normalized spacial score (nSPS) is 10.6. The van der Waals surface area contributed by atoms with Gasteiger partial charge in [-0.2, -0.15) is 0 Å². The highest BCUT2D eigenvalue weighted by molar-refractivity contribution is 5.70. The van der Waals surface area contributed by atoms with Gasteiger partial charge in [-0.25, -0.2) is 0 Å². The number of rotatable bonds is 3. The van der Waals surface area contributed by atoms with Crippen LogP contribution in [0.2, 0.25) is 0 Å². The van der Waals surface area contributed by atoms with Gasteiger partial charge in [0.25, 0.3) is 0 Å². The Hall–Kier alpha value is -2.68. The van der Waals surface area contributed by atoms with Gasteiger partial charge < -0.3 is 10.2 Å². The number of aromatic hydroxyl groups is 2. The fraction of sp³-hybridized carbons (Fsp3) is 0.0588. The van der Waals surface area contributed by atoms with Crippen molar-refractivity contribution in [3.8, 4) is 22.9 Å². The molecule has 0 aliphatic rings. The van der Waals surface area contributed by atoms with Gasteiger partial charge in [0.2, 0.25) is 5.88 Å². The first-order valence-electron chi connectivity index (χ1n) is 6.46. The minimum absolute atomic E-state index is 0.0604. The van der Waals surface area contributed by atoms with Crippen molar-refractivity contribution >= 4 is 0 Å². The first-order valence-corrected chi connectivity index (χ1v) is 6.46. The smallest absolute Gasteiger partial charge is 0.202 e. The summed E-state index contributed by atoms with van der Waals surface area (Å²) in [5, 5.41) is 20.4. The van der Waals surface area contributed by atoms with Crippen LogP contribution in [0.4, 0.5) is 0 Å². The third-order valence-electron chi connectivity index (χ3n) is 3.31. The van der Waals surface area contributed by atoms with Crippen LogP contribution in [0.5, 0.6) is 11.8 Å². The van der Waals surface area contributed by atoms with Crippen molar-refractivity contribution < 1.29 is 10.2 Å². The zero-order chi connectivity index (χ0) is 13.9. The average Bonchev–Trinajstić information content (AvgIpc) is 2.77. The molecule has 3 heteroatoms. The van der Waals surface area contributed by atoms with Gasteiger partial charge in [-0.05, 0) is 11.1 Å². The van der Waals surface area contributed by atoms with E-state index in [-0.39, 0.29) is 11.8 Å². The summed E-state index contributed by atoms with van der Waals surface area (Å²) in [5.41, 5.74) is 2.54. The Balaban J connectivity index is 1.99. The first-order chi connectivity index (χ1) is 9.75. The molecule has 0 aliphatic carbocycles. The lowest BCUT2D eigenvalue weighted by atomic mass is 10.1. The largest absolute Gasteiger partial charge is 0.494 e. The molecule has 2 aromatic carbocycles. The van der Waals surface area contributed by atoms with Gasteiger partial charge in [0.05, 0.1) is 6.54 Å². The van der Waals surface area contributed by atoms with Gasteiger partial charge in [0.1, 0.15) is 0 Å². The molecule has 3 rings (SSSR count). The Morgan fingerprint density at radius 3 is 2.05 bits per heavy atom. The lowest BCUT2D eigenvalue weighted by molar-refractivity contribution is 0.378. The van der Waals surface area contributed by atoms with Crippen molar-refractivity contribution in [3.05, 3.63) is 72.3 Å². The molecule has 2 N–H and O–H groups in total. The zero-order valence-corrected chi connectivity index (χ0v) is 10.9. The minimum atomic E-state index is 0.0604. The maximum atomic E-state index is 10.3. The van der Waals surface area contributed by atoms with Crippen LogP contribution in [-0.4, -0.2) is 14.8 Å². The number of hydrogen-bond donors (Lipinski definition) is 2. The highest BCUT2D eigenvalue weighted by Gasteiger charge is 2.15. The number of aromatic nitrogens is 1. The second-order valence-corrected chi connectivity index (χ2v) is 4.68. The maximum absolute atomic E-state index is 10.3. The third-order valence-corrected chi connectivity index (χ3v) is 3.31. The van der Waals surface area contributed by atoms with Crippen LogP contribution in [0.3, 0.4) is 0 Å². The van der Waals surface area contributed by atoms with Gasteiger partial charge >= 0.3 is 0 Å². The van der Waals surface area contributed by atoms with Gasteiger partial charge in [0.15, 0.2) is 5.88 Å². The molecule has 0 fully saturated rings. The van der Waals surface area contributed by atoms with Crippen molar-refractivity contribution in [2.45, 2.75) is 6.54 Å². The molecule has 0 saturated heterocycles. The molecule has 1 aromatic heterocycles. The Morgan fingerprint density at radius 1 is 0.800 bits per heavy atom. The van der Waals surface area contributed by atoms with E-state index >= 15 is 0 Å². The molecule has 0 saturated carbocycles. The molecule has 3 aromatic rings. The predicted molar refractivity (Wildman–Crippen MR) is 78.7 cm³/mol. The Bertz CT molecular complexity index is 703. The van der Waals surface area contributed by atoms with E-state index in [2.05, 4.69) is 0 Å². The van der Waals surface area contributed by atoms with Crippen LogP contribution >= 0.6 is 0 Å². The van der Waals surface area contributed by atoms with Crippen molar-refractivity contribution in [1.82, 2.24) is 4.57 Å². The molecular formula is C17H15NO2. The maximum Gasteiger partial charge on any atom is 0.202 e. The van der Waals surface area contributed by atoms with Crippen molar-refractivity contribution in [3.63, 3.8) is 0 Å². The number of benzene rings is 2. The first kappa shape index (κ1) is 12.4. The van der Waals surface area contributed by atoms with E-state index in [0.717, 1.165) is 11.1 Å². The predicted octanol–water partition coefficient (Wildman–Crippen LogP) is 3.61. The van der Waals surface area contributed by atoms with Crippen molar-refractivity contribution in [2.75, 3.05) is 0 Å². The van der Waals surface area contributed by atoms with Crippen LogP contribution in [0.25, 0.3) is 11.1 Å². The molecule has 0 atom stereocenters. The molecule has 1 heterocycles. The Kier molecular flexibility index (Phi) is 3.17. The summed E-state index contributed by atoms with van der Waals surface area (Å²) < 4.78 is 1.50. The summed E-state index contributed by atoms with van der Waals surface area (Å²) >= 11 is 0. The van der Waals surface area contributed by atoms with Crippen LogP contribution in [0, 0.1) is 0 Å². The SMILES string of the molecule is Oc1cc(-c2ccccc2)c(O)n1Cc1ccccc1. The summed E-state index contributed by atoms with van der Waals surface area (Å²) in [4.78, 5) is 0. The summed E-state index contributed by atoms with van der Waals surface area (Å²) in [7, 11) is 0. The van der Waals surface area contributed by atoms with E-state index in [1.807, 2.05) is 60.7 Å². The quantitative estimate of drug-likeness (QED) is 0.759. The number of nitrogens with zero attached hydrogens (tertiary/aromatic N) is 1. The topological polar surface area (TPSA) is 45.4 Å². The Labute approximate surface area is 117 Å². The van der Waals surface area contributed by atoms with E-state index in [4.69, 9.17) is 0 Å². The van der Waals surface area contributed by atoms with Crippen LogP contribution in [0.1, 0.15) is 5.56 Å². The van der Waals surface area contributed by atoms with Crippen LogP contribution < -0.4 is 0 Å². The lowest BCUT2D eigenvalue weighted by Gasteiger charge is -2.07. The molecular weight excluding hydrogens is 250 g/mol. The van der Waals surface area contributed by atoms with Crippen molar-refractivity contribution in [1.29, 1.82) is 0 Å². The summed E-state index contributed by atoms with van der Waals surface area (Å²) in [6, 6.07) is 20.9. The number of hydrogen-bond acceptors (Lipinski definition) is 2. The molecule has 0 amide bonds. The van der Waals surface area contributed by atoms with Crippen LogP contribution in [0.15, 0.2) is 66.7 Å². The molecule has 100 valence electrons. The third kappa shape index (κ3) is 2.26. The molecule has 0 aliphatic heterocycles. The molecule has 0 spiro atoms. The van der Waals surface area contributed by atoms with Crippen molar-refractivity contribution in [2.24, 2.45) is 0 Å². The van der Waals surface area contributed by atoms with E-state index in [1.54, 1.807) is 6.07 Å². The van der Waals surface area contributed by atoms with E-state index in [1.165, 1.54) is 4.57 Å². The second kappa shape index (κ2) is 5.13. The second-order valence-electron chi connectivity index (χ2n) is 4.68. The van der Waals surface area contributed by atoms with Crippen LogP contribution in [-0.2, 0) is 6.54 Å². The monoisotopic (exact) mass is 265 g/mol. The Morgan fingerprint density at radius 2 is 1.40 bits per heavy atom. The van der Waals surface area contributed by atoms with E-state index in [0.29, 0.717) is 12.1 Å². The molecule has 20 heavy (non-hydrogen) atoms. The van der Waals surface area contributed by atoms with E-state index in [9.17, 15) is 10.2 Å². The summed E-state index contributed by atoms with van der Waals surface area (Å²) in [6.45, 7) is 0.436. The lowest BCUT2D eigenvalue weighted by Crippen LogP contribution is -1.98. The standard InChI is InChI=1S/C17H15NO2/c19-16-11-15(14-9-5-2-6-10-14)17(20)18(16)12-13-7-3-1-4-8-13/h1-11,19-20H,12H2. The highest BCUT2D eigenvalue weighted by atomic mass is 16.3. The van der Waals surface area contributed by atoms with E-state index < -0.39 is 0 Å². The van der Waals surface area contributed by atoms with Gasteiger partial charge in [-0.15, -0.1) is 0 Å². The molecule has 0 unspecified atom stereocenters. The minimum Gasteiger partial charge on any atom is -0.494 e. The van der Waals surface area contributed by atoms with Gasteiger partial charge in [-0.3, -0.25) is 4.57 Å². The summed E-state index contributed by atoms with van der Waals surface area (Å²) in [5.74, 6) is 0.141. The zero-order valence-electron chi connectivity index (χ0n) is 10.9. The fourth-order valence-corrected chi connectivity index (χ4v) is 2.28. The van der Waals surface area contributed by atoms with Gasteiger partial charge in [-0.1, -0.05) is 60.7 Å². The fourth-order valence-electron chi connectivity index (χ4n) is 2.28. The van der Waals surface area contributed by atoms with Gasteiger partial charge in [0, 0.05) is 11.6 Å². The summed E-state index contributed by atoms with van der Waals surface area (Å²) in [6.07, 6.45) is 0. The molecule has 3 nitrogen and oxygen atoms in total. The average molecular weight is 265 g/mol. The molecule has 0 radical (unpaired) electrons. The highest BCUT2D eigenvalue weighted by Crippen LogP contribution is 2.36. The molecule has 0 bridgehead atoms.